The van der Waals surface area contributed by atoms with Gasteiger partial charge >= 0.3 is 0 Å². The van der Waals surface area contributed by atoms with Crippen molar-refractivity contribution in [2.45, 2.75) is 0 Å². The molecule has 3 nitrogen and oxygen atoms in total. The third-order valence-electron chi connectivity index (χ3n) is 0.977. The Labute approximate surface area is 56.9 Å². The van der Waals surface area contributed by atoms with Crippen LogP contribution in [0.3, 0.4) is 0 Å². The Kier molecular flexibility index (Phi) is 0.656. The van der Waals surface area contributed by atoms with E-state index in [1.54, 1.807) is 0 Å². The van der Waals surface area contributed by atoms with Gasteiger partial charge in [0.15, 0.2) is 0 Å². The van der Waals surface area contributed by atoms with Crippen molar-refractivity contribution in [3.8, 4) is 0 Å². The predicted octanol–water partition coefficient (Wildman–Crippen LogP) is -0.0325. The first-order chi connectivity index (χ1) is 5.43. The van der Waals surface area contributed by atoms with Gasteiger partial charge in [-0.2, -0.15) is 0 Å². The van der Waals surface area contributed by atoms with Crippen LogP contribution in [-0.4, -0.2) is 4.57 Å². The summed E-state index contributed by atoms with van der Waals surface area (Å²) >= 11 is 0. The number of hydrogen-bond donors (Lipinski definition) is 1. The third-order valence-corrected chi connectivity index (χ3v) is 0.977. The van der Waals surface area contributed by atoms with E-state index in [9.17, 15) is 4.79 Å². The molecule has 48 valence electrons. The number of nitrogen functional groups attached to an aromatic ring is 1. The average Bonchev–Trinajstić information content (AvgIpc) is 1.92. The maximum Gasteiger partial charge on any atom is 0.273 e. The summed E-state index contributed by atoms with van der Waals surface area (Å²) in [5.74, 6) is 0. The highest BCUT2D eigenvalue weighted by Crippen LogP contribution is 1.87. The van der Waals surface area contributed by atoms with Crippen molar-refractivity contribution in [1.82, 2.24) is 4.57 Å². The lowest BCUT2D eigenvalue weighted by atomic mass is 10.4. The molecule has 0 bridgehead atoms. The number of aryl methyl sites for hydroxylation is 1. The number of aromatic nitrogens is 1. The molecule has 0 spiro atoms. The lowest BCUT2D eigenvalue weighted by Crippen LogP contribution is -2.18. The largest absolute Gasteiger partial charge is 0.394 e. The van der Waals surface area contributed by atoms with Crippen molar-refractivity contribution in [1.29, 1.82) is 0 Å². The molecular formula is C6H8N2O. The van der Waals surface area contributed by atoms with Crippen LogP contribution >= 0.6 is 0 Å². The van der Waals surface area contributed by atoms with Gasteiger partial charge in [-0.15, -0.1) is 0 Å². The van der Waals surface area contributed by atoms with Crippen LogP contribution < -0.4 is 11.3 Å². The Bertz CT molecular complexity index is 341. The van der Waals surface area contributed by atoms with Crippen LogP contribution in [0.15, 0.2) is 23.1 Å². The van der Waals surface area contributed by atoms with Gasteiger partial charge in [-0.1, -0.05) is 0 Å². The molecule has 1 aromatic heterocycles. The number of nitrogens with zero attached hydrogens (tertiary/aromatic N) is 1. The maximum atomic E-state index is 11.1. The van der Waals surface area contributed by atoms with Crippen LogP contribution in [0.1, 0.15) is 4.11 Å². The molecule has 0 aliphatic rings. The van der Waals surface area contributed by atoms with E-state index in [1.165, 1.54) is 18.3 Å². The topological polar surface area (TPSA) is 48.0 Å². The monoisotopic (exact) mass is 127 g/mol. The molecule has 0 amide bonds. The van der Waals surface area contributed by atoms with Crippen LogP contribution in [0.4, 0.5) is 5.69 Å². The summed E-state index contributed by atoms with van der Waals surface area (Å²) in [4.78, 5) is 11.1. The van der Waals surface area contributed by atoms with Gasteiger partial charge in [-0.05, 0) is 12.1 Å². The molecule has 0 atom stereocenters. The third kappa shape index (κ3) is 0.937. The van der Waals surface area contributed by atoms with E-state index in [0.29, 0.717) is 4.57 Å². The minimum absolute atomic E-state index is 0.0615. The fourth-order valence-electron chi connectivity index (χ4n) is 0.511. The second-order valence-electron chi connectivity index (χ2n) is 1.64. The molecule has 0 saturated carbocycles. The first kappa shape index (κ1) is 3.06. The summed E-state index contributed by atoms with van der Waals surface area (Å²) < 4.78 is 21.5. The van der Waals surface area contributed by atoms with Crippen molar-refractivity contribution < 1.29 is 4.11 Å². The normalized spacial score (nSPS) is 15.8. The van der Waals surface area contributed by atoms with E-state index >= 15 is 0 Å². The zero-order chi connectivity index (χ0) is 9.35. The van der Waals surface area contributed by atoms with Crippen LogP contribution in [0.5, 0.6) is 0 Å². The minimum atomic E-state index is -2.45. The number of rotatable bonds is 0. The van der Waals surface area contributed by atoms with Gasteiger partial charge < -0.3 is 10.3 Å². The summed E-state index contributed by atoms with van der Waals surface area (Å²) in [5.41, 5.74) is 4.49. The van der Waals surface area contributed by atoms with Crippen molar-refractivity contribution in [3.63, 3.8) is 0 Å². The number of nitrogens with two attached hydrogens (primary N) is 1. The molecule has 0 unspecified atom stereocenters. The molecule has 9 heavy (non-hydrogen) atoms. The molecule has 3 heteroatoms. The van der Waals surface area contributed by atoms with Crippen LogP contribution in [0.25, 0.3) is 0 Å². The summed E-state index contributed by atoms with van der Waals surface area (Å²) in [5, 5.41) is 0. The molecule has 0 aliphatic heterocycles. The lowest BCUT2D eigenvalue weighted by molar-refractivity contribution is 0.864. The van der Waals surface area contributed by atoms with Gasteiger partial charge in [0, 0.05) is 17.3 Å². The van der Waals surface area contributed by atoms with Crippen molar-refractivity contribution >= 4 is 5.69 Å². The van der Waals surface area contributed by atoms with Gasteiger partial charge in [-0.3, -0.25) is 4.79 Å². The molecule has 1 rings (SSSR count). The molecular weight excluding hydrogens is 116 g/mol. The molecule has 0 radical (unpaired) electrons. The summed E-state index contributed by atoms with van der Waals surface area (Å²) in [7, 11) is 0. The van der Waals surface area contributed by atoms with Crippen molar-refractivity contribution in [2.75, 3.05) is 5.73 Å². The second-order valence-corrected chi connectivity index (χ2v) is 1.64. The van der Waals surface area contributed by atoms with Gasteiger partial charge in [0.1, 0.15) is 0 Å². The Hall–Kier alpha value is -1.25. The van der Waals surface area contributed by atoms with E-state index in [1.807, 2.05) is 0 Å². The number of hydrogen-bond acceptors (Lipinski definition) is 2. The van der Waals surface area contributed by atoms with E-state index < -0.39 is 12.5 Å². The SMILES string of the molecule is [2H]C([2H])([2H])n1cccc(N)c1=O. The Morgan fingerprint density at radius 3 is 3.22 bits per heavy atom. The molecule has 0 fully saturated rings. The summed E-state index contributed by atoms with van der Waals surface area (Å²) in [6, 6.07) is 2.79. The van der Waals surface area contributed by atoms with Crippen molar-refractivity contribution in [3.05, 3.63) is 28.7 Å². The molecule has 0 saturated heterocycles. The minimum Gasteiger partial charge on any atom is -0.394 e. The van der Waals surface area contributed by atoms with E-state index in [0.717, 1.165) is 0 Å². The zero-order valence-corrected chi connectivity index (χ0v) is 4.66. The Morgan fingerprint density at radius 1 is 1.89 bits per heavy atom. The van der Waals surface area contributed by atoms with Crippen LogP contribution in [0.2, 0.25) is 0 Å². The fourth-order valence-corrected chi connectivity index (χ4v) is 0.511. The highest BCUT2D eigenvalue weighted by Gasteiger charge is 1.90. The zero-order valence-electron chi connectivity index (χ0n) is 7.66. The number of pyridine rings is 1. The predicted molar refractivity (Wildman–Crippen MR) is 36.1 cm³/mol. The molecule has 0 aromatic carbocycles. The highest BCUT2D eigenvalue weighted by atomic mass is 16.1. The second kappa shape index (κ2) is 1.93. The van der Waals surface area contributed by atoms with E-state index in [4.69, 9.17) is 9.85 Å². The smallest absolute Gasteiger partial charge is 0.273 e. The molecule has 2 N–H and O–H groups in total. The van der Waals surface area contributed by atoms with Gasteiger partial charge in [0.25, 0.3) is 5.56 Å². The summed E-state index contributed by atoms with van der Waals surface area (Å²) in [6.07, 6.45) is 1.19. The maximum absolute atomic E-state index is 11.1. The first-order valence-electron chi connectivity index (χ1n) is 3.90. The standard InChI is InChI=1S/C6H8N2O/c1-8-4-2-3-5(7)6(8)9/h2-4H,7H2,1H3/i1D3. The Morgan fingerprint density at radius 2 is 2.67 bits per heavy atom. The molecule has 0 aliphatic carbocycles. The van der Waals surface area contributed by atoms with Gasteiger partial charge in [0.2, 0.25) is 0 Å². The number of anilines is 1. The van der Waals surface area contributed by atoms with Crippen LogP contribution in [-0.2, 0) is 6.98 Å². The van der Waals surface area contributed by atoms with Crippen molar-refractivity contribution in [2.24, 2.45) is 6.98 Å². The summed E-state index contributed by atoms with van der Waals surface area (Å²) in [6.45, 7) is -2.45. The fraction of sp³-hybridized carbons (Fsp3) is 0.167. The lowest BCUT2D eigenvalue weighted by Gasteiger charge is -1.94. The quantitative estimate of drug-likeness (QED) is 0.532. The highest BCUT2D eigenvalue weighted by molar-refractivity contribution is 5.33. The Balaban J connectivity index is 3.37. The van der Waals surface area contributed by atoms with E-state index in [-0.39, 0.29) is 5.69 Å². The van der Waals surface area contributed by atoms with Crippen LogP contribution in [0, 0.1) is 0 Å². The first-order valence-corrected chi connectivity index (χ1v) is 2.40. The van der Waals surface area contributed by atoms with Gasteiger partial charge in [-0.25, -0.2) is 0 Å². The van der Waals surface area contributed by atoms with E-state index in [2.05, 4.69) is 0 Å². The average molecular weight is 127 g/mol. The van der Waals surface area contributed by atoms with Gasteiger partial charge in [0.05, 0.1) is 5.69 Å². The molecule has 1 aromatic rings. The molecule has 1 heterocycles.